The second-order valence-corrected chi connectivity index (χ2v) is 12.3. The molecule has 0 fully saturated rings. The molecule has 0 spiro atoms. The fraction of sp³-hybridized carbons (Fsp3) is 0.0732. The highest BCUT2D eigenvalue weighted by atomic mass is 16.3. The molecule has 0 N–H and O–H groups in total. The van der Waals surface area contributed by atoms with Crippen LogP contribution >= 0.6 is 0 Å². The van der Waals surface area contributed by atoms with Crippen LogP contribution in [-0.2, 0) is 5.41 Å². The molecule has 218 valence electrons. The summed E-state index contributed by atoms with van der Waals surface area (Å²) >= 11 is 0. The fourth-order valence-electron chi connectivity index (χ4n) is 7.05. The number of fused-ring (bicyclic) bond motifs is 6. The number of rotatable bonds is 4. The summed E-state index contributed by atoms with van der Waals surface area (Å²) in [6, 6.07) is 43.6. The van der Waals surface area contributed by atoms with E-state index in [1.54, 1.807) is 6.20 Å². The third kappa shape index (κ3) is 4.02. The minimum absolute atomic E-state index is 0.208. The zero-order valence-corrected chi connectivity index (χ0v) is 25.4. The summed E-state index contributed by atoms with van der Waals surface area (Å²) in [5.41, 5.74) is 11.2. The van der Waals surface area contributed by atoms with Crippen molar-refractivity contribution in [2.75, 3.05) is 0 Å². The van der Waals surface area contributed by atoms with E-state index < -0.39 is 0 Å². The predicted octanol–water partition coefficient (Wildman–Crippen LogP) is 10.1. The van der Waals surface area contributed by atoms with E-state index in [4.69, 9.17) is 24.4 Å². The Labute approximate surface area is 266 Å². The standard InChI is InChI=1S/C41H28N4O/c1-41(2)32-19-10-9-16-28(32)29-17-11-18-31(36(29)41)40-44-38(26-14-7-4-8-15-26)43-39(45-40)27-20-21-30-34(24-27)46-33-22-23-42-37(35(30)33)25-12-5-3-6-13-25/h3-24H,1-2H3. The number of benzene rings is 5. The van der Waals surface area contributed by atoms with Gasteiger partial charge < -0.3 is 4.42 Å². The Kier molecular flexibility index (Phi) is 5.78. The van der Waals surface area contributed by atoms with Crippen LogP contribution < -0.4 is 0 Å². The third-order valence-electron chi connectivity index (χ3n) is 9.18. The molecule has 8 aromatic rings. The van der Waals surface area contributed by atoms with E-state index in [0.717, 1.165) is 49.9 Å². The molecule has 0 saturated carbocycles. The molecule has 3 heterocycles. The first-order chi connectivity index (χ1) is 22.6. The van der Waals surface area contributed by atoms with Gasteiger partial charge >= 0.3 is 0 Å². The average Bonchev–Trinajstić information content (AvgIpc) is 3.60. The third-order valence-corrected chi connectivity index (χ3v) is 9.18. The first kappa shape index (κ1) is 26.5. The Balaban J connectivity index is 1.25. The Hall–Kier alpha value is -5.94. The Morgan fingerprint density at radius 3 is 1.98 bits per heavy atom. The molecule has 0 amide bonds. The lowest BCUT2D eigenvalue weighted by molar-refractivity contribution is 0.661. The van der Waals surface area contributed by atoms with Crippen LogP contribution in [0.2, 0.25) is 0 Å². The maximum atomic E-state index is 6.42. The lowest BCUT2D eigenvalue weighted by atomic mass is 9.80. The van der Waals surface area contributed by atoms with E-state index in [2.05, 4.69) is 80.6 Å². The fourth-order valence-corrected chi connectivity index (χ4v) is 7.05. The summed E-state index contributed by atoms with van der Waals surface area (Å²) in [5, 5.41) is 2.00. The zero-order chi connectivity index (χ0) is 30.8. The van der Waals surface area contributed by atoms with Crippen LogP contribution in [0.3, 0.4) is 0 Å². The molecule has 0 unspecified atom stereocenters. The van der Waals surface area contributed by atoms with Crippen molar-refractivity contribution in [2.24, 2.45) is 0 Å². The molecule has 5 aromatic carbocycles. The van der Waals surface area contributed by atoms with Gasteiger partial charge in [0.25, 0.3) is 0 Å². The van der Waals surface area contributed by atoms with Gasteiger partial charge in [0.1, 0.15) is 11.2 Å². The van der Waals surface area contributed by atoms with E-state index >= 15 is 0 Å². The number of pyridine rings is 1. The second kappa shape index (κ2) is 10.0. The van der Waals surface area contributed by atoms with Crippen LogP contribution in [0.5, 0.6) is 0 Å². The zero-order valence-electron chi connectivity index (χ0n) is 25.4. The summed E-state index contributed by atoms with van der Waals surface area (Å²) in [5.74, 6) is 1.88. The van der Waals surface area contributed by atoms with Gasteiger partial charge in [0, 0.05) is 39.3 Å². The number of hydrogen-bond acceptors (Lipinski definition) is 5. The summed E-state index contributed by atoms with van der Waals surface area (Å²) < 4.78 is 6.42. The number of hydrogen-bond donors (Lipinski definition) is 0. The highest BCUT2D eigenvalue weighted by Gasteiger charge is 2.38. The van der Waals surface area contributed by atoms with Crippen LogP contribution in [0.25, 0.3) is 78.5 Å². The highest BCUT2D eigenvalue weighted by molar-refractivity contribution is 6.11. The summed E-state index contributed by atoms with van der Waals surface area (Å²) in [6.45, 7) is 4.57. The second-order valence-electron chi connectivity index (χ2n) is 12.3. The van der Waals surface area contributed by atoms with Crippen molar-refractivity contribution >= 4 is 21.9 Å². The molecule has 0 saturated heterocycles. The molecular weight excluding hydrogens is 564 g/mol. The molecule has 0 bridgehead atoms. The summed E-state index contributed by atoms with van der Waals surface area (Å²) in [7, 11) is 0. The van der Waals surface area contributed by atoms with Gasteiger partial charge in [-0.25, -0.2) is 15.0 Å². The minimum atomic E-state index is -0.208. The first-order valence-electron chi connectivity index (χ1n) is 15.5. The Morgan fingerprint density at radius 1 is 0.522 bits per heavy atom. The smallest absolute Gasteiger partial charge is 0.164 e. The van der Waals surface area contributed by atoms with Crippen molar-refractivity contribution in [3.05, 3.63) is 145 Å². The van der Waals surface area contributed by atoms with E-state index in [9.17, 15) is 0 Å². The van der Waals surface area contributed by atoms with Gasteiger partial charge in [0.15, 0.2) is 17.5 Å². The molecule has 5 heteroatoms. The molecule has 5 nitrogen and oxygen atoms in total. The van der Waals surface area contributed by atoms with Crippen molar-refractivity contribution in [3.63, 3.8) is 0 Å². The largest absolute Gasteiger partial charge is 0.456 e. The highest BCUT2D eigenvalue weighted by Crippen LogP contribution is 2.51. The predicted molar refractivity (Wildman–Crippen MR) is 184 cm³/mol. The van der Waals surface area contributed by atoms with Gasteiger partial charge in [-0.1, -0.05) is 123 Å². The van der Waals surface area contributed by atoms with Crippen molar-refractivity contribution < 1.29 is 4.42 Å². The molecular formula is C41H28N4O. The van der Waals surface area contributed by atoms with Crippen LogP contribution in [0, 0.1) is 0 Å². The molecule has 9 rings (SSSR count). The number of furan rings is 1. The topological polar surface area (TPSA) is 64.7 Å². The van der Waals surface area contributed by atoms with Crippen LogP contribution in [0.1, 0.15) is 25.0 Å². The molecule has 1 aliphatic rings. The van der Waals surface area contributed by atoms with Gasteiger partial charge in [0.2, 0.25) is 0 Å². The summed E-state index contributed by atoms with van der Waals surface area (Å²) in [6.07, 6.45) is 1.80. The van der Waals surface area contributed by atoms with Gasteiger partial charge in [-0.05, 0) is 40.5 Å². The van der Waals surface area contributed by atoms with Crippen molar-refractivity contribution in [2.45, 2.75) is 19.3 Å². The van der Waals surface area contributed by atoms with Gasteiger partial charge in [-0.2, -0.15) is 0 Å². The van der Waals surface area contributed by atoms with Crippen molar-refractivity contribution in [1.29, 1.82) is 0 Å². The van der Waals surface area contributed by atoms with Crippen LogP contribution in [0.4, 0.5) is 0 Å². The lowest BCUT2D eigenvalue weighted by Gasteiger charge is -2.24. The molecule has 3 aromatic heterocycles. The summed E-state index contributed by atoms with van der Waals surface area (Å²) in [4.78, 5) is 20.0. The molecule has 46 heavy (non-hydrogen) atoms. The Morgan fingerprint density at radius 2 is 1.17 bits per heavy atom. The number of nitrogens with zero attached hydrogens (tertiary/aromatic N) is 4. The maximum Gasteiger partial charge on any atom is 0.164 e. The maximum absolute atomic E-state index is 6.42. The molecule has 0 aliphatic heterocycles. The van der Waals surface area contributed by atoms with E-state index in [-0.39, 0.29) is 5.41 Å². The monoisotopic (exact) mass is 592 g/mol. The van der Waals surface area contributed by atoms with E-state index in [0.29, 0.717) is 17.5 Å². The average molecular weight is 593 g/mol. The van der Waals surface area contributed by atoms with Gasteiger partial charge in [-0.15, -0.1) is 0 Å². The van der Waals surface area contributed by atoms with Crippen LogP contribution in [-0.4, -0.2) is 19.9 Å². The molecule has 0 atom stereocenters. The minimum Gasteiger partial charge on any atom is -0.456 e. The Bertz CT molecular complexity index is 2450. The van der Waals surface area contributed by atoms with Crippen molar-refractivity contribution in [3.8, 4) is 56.5 Å². The number of aromatic nitrogens is 4. The molecule has 0 radical (unpaired) electrons. The van der Waals surface area contributed by atoms with E-state index in [1.165, 1.54) is 22.3 Å². The van der Waals surface area contributed by atoms with E-state index in [1.807, 2.05) is 60.7 Å². The quantitative estimate of drug-likeness (QED) is 0.203. The van der Waals surface area contributed by atoms with Crippen LogP contribution in [0.15, 0.2) is 138 Å². The van der Waals surface area contributed by atoms with Crippen molar-refractivity contribution in [1.82, 2.24) is 19.9 Å². The van der Waals surface area contributed by atoms with Gasteiger partial charge in [-0.3, -0.25) is 4.98 Å². The SMILES string of the molecule is CC1(C)c2ccccc2-c2cccc(-c3nc(-c4ccccc4)nc(-c4ccc5c(c4)oc4ccnc(-c6ccccc6)c45)n3)c21. The lowest BCUT2D eigenvalue weighted by Crippen LogP contribution is -2.17. The normalized spacial score (nSPS) is 13.2. The van der Waals surface area contributed by atoms with Gasteiger partial charge in [0.05, 0.1) is 11.1 Å². The molecule has 1 aliphatic carbocycles. The first-order valence-corrected chi connectivity index (χ1v) is 15.5.